The summed E-state index contributed by atoms with van der Waals surface area (Å²) in [5.41, 5.74) is 0. The Morgan fingerprint density at radius 3 is 2.93 bits per heavy atom. The van der Waals surface area contributed by atoms with E-state index in [9.17, 15) is 0 Å². The third kappa shape index (κ3) is 2.36. The minimum Gasteiger partial charge on any atom is -0.467 e. The summed E-state index contributed by atoms with van der Waals surface area (Å²) in [7, 11) is 0. The van der Waals surface area contributed by atoms with Crippen LogP contribution in [-0.2, 0) is 4.74 Å². The van der Waals surface area contributed by atoms with Crippen LogP contribution in [-0.4, -0.2) is 19.2 Å². The Kier molecular flexibility index (Phi) is 3.22. The average Bonchev–Trinajstić information content (AvgIpc) is 2.72. The topological polar surface area (TPSA) is 34.4 Å². The zero-order chi connectivity index (χ0) is 9.80. The zero-order valence-electron chi connectivity index (χ0n) is 8.53. The standard InChI is InChI=1S/C11H17NO2/c1-9(11-3-2-8-13-11)14-10-4-6-12-7-5-10/h2-3,8-10,12H,4-7H2,1H3/t9-/m0/s1. The Balaban J connectivity index is 1.84. The van der Waals surface area contributed by atoms with Crippen LogP contribution in [0.2, 0.25) is 0 Å². The Hall–Kier alpha value is -0.800. The van der Waals surface area contributed by atoms with Gasteiger partial charge in [0.1, 0.15) is 11.9 Å². The molecule has 1 saturated heterocycles. The third-order valence-electron chi connectivity index (χ3n) is 2.63. The van der Waals surface area contributed by atoms with Gasteiger partial charge in [-0.2, -0.15) is 0 Å². The highest BCUT2D eigenvalue weighted by molar-refractivity contribution is 5.01. The second kappa shape index (κ2) is 4.62. The Morgan fingerprint density at radius 1 is 1.50 bits per heavy atom. The number of hydrogen-bond acceptors (Lipinski definition) is 3. The Bertz CT molecular complexity index is 252. The van der Waals surface area contributed by atoms with Crippen molar-refractivity contribution in [2.75, 3.05) is 13.1 Å². The molecule has 0 unspecified atom stereocenters. The smallest absolute Gasteiger partial charge is 0.132 e. The molecule has 0 radical (unpaired) electrons. The van der Waals surface area contributed by atoms with E-state index in [0.717, 1.165) is 31.7 Å². The van der Waals surface area contributed by atoms with Crippen LogP contribution in [0.3, 0.4) is 0 Å². The molecule has 14 heavy (non-hydrogen) atoms. The average molecular weight is 195 g/mol. The first-order chi connectivity index (χ1) is 6.86. The molecule has 0 aliphatic carbocycles. The van der Waals surface area contributed by atoms with Gasteiger partial charge in [0, 0.05) is 0 Å². The van der Waals surface area contributed by atoms with Gasteiger partial charge in [-0.15, -0.1) is 0 Å². The summed E-state index contributed by atoms with van der Waals surface area (Å²) in [6, 6.07) is 3.86. The second-order valence-corrected chi connectivity index (χ2v) is 3.74. The SMILES string of the molecule is C[C@H](OC1CCNCC1)c1ccco1. The van der Waals surface area contributed by atoms with Gasteiger partial charge in [-0.25, -0.2) is 0 Å². The predicted octanol–water partition coefficient (Wildman–Crippen LogP) is 2.11. The number of rotatable bonds is 3. The Morgan fingerprint density at radius 2 is 2.29 bits per heavy atom. The monoisotopic (exact) mass is 195 g/mol. The van der Waals surface area contributed by atoms with E-state index in [-0.39, 0.29) is 6.10 Å². The van der Waals surface area contributed by atoms with Gasteiger partial charge in [0.15, 0.2) is 0 Å². The van der Waals surface area contributed by atoms with Crippen LogP contribution < -0.4 is 5.32 Å². The second-order valence-electron chi connectivity index (χ2n) is 3.74. The highest BCUT2D eigenvalue weighted by atomic mass is 16.5. The summed E-state index contributed by atoms with van der Waals surface area (Å²) in [6.45, 7) is 4.17. The van der Waals surface area contributed by atoms with Crippen LogP contribution >= 0.6 is 0 Å². The van der Waals surface area contributed by atoms with Gasteiger partial charge in [0.25, 0.3) is 0 Å². The lowest BCUT2D eigenvalue weighted by Gasteiger charge is -2.25. The molecule has 2 rings (SSSR count). The summed E-state index contributed by atoms with van der Waals surface area (Å²) in [4.78, 5) is 0. The molecule has 1 aliphatic rings. The molecule has 0 aromatic carbocycles. The molecule has 1 aliphatic heterocycles. The van der Waals surface area contributed by atoms with E-state index >= 15 is 0 Å². The van der Waals surface area contributed by atoms with Crippen LogP contribution in [0.5, 0.6) is 0 Å². The molecule has 0 spiro atoms. The first-order valence-electron chi connectivity index (χ1n) is 5.26. The van der Waals surface area contributed by atoms with Gasteiger partial charge < -0.3 is 14.5 Å². The van der Waals surface area contributed by atoms with Crippen molar-refractivity contribution in [2.45, 2.75) is 32.0 Å². The molecule has 1 N–H and O–H groups in total. The molecular formula is C11H17NO2. The maximum atomic E-state index is 5.90. The third-order valence-corrected chi connectivity index (χ3v) is 2.63. The van der Waals surface area contributed by atoms with Crippen molar-refractivity contribution in [1.29, 1.82) is 0 Å². The van der Waals surface area contributed by atoms with Gasteiger partial charge in [-0.05, 0) is 45.0 Å². The van der Waals surface area contributed by atoms with E-state index in [1.807, 2.05) is 19.1 Å². The number of piperidine rings is 1. The number of nitrogens with one attached hydrogen (secondary N) is 1. The molecule has 78 valence electrons. The molecule has 2 heterocycles. The van der Waals surface area contributed by atoms with Crippen molar-refractivity contribution in [3.05, 3.63) is 24.2 Å². The lowest BCUT2D eigenvalue weighted by Crippen LogP contribution is -2.32. The van der Waals surface area contributed by atoms with Crippen molar-refractivity contribution < 1.29 is 9.15 Å². The number of hydrogen-bond donors (Lipinski definition) is 1. The molecule has 0 saturated carbocycles. The predicted molar refractivity (Wildman–Crippen MR) is 54.1 cm³/mol. The zero-order valence-corrected chi connectivity index (χ0v) is 8.53. The minimum atomic E-state index is 0.0769. The van der Waals surface area contributed by atoms with Gasteiger partial charge >= 0.3 is 0 Å². The molecule has 0 amide bonds. The van der Waals surface area contributed by atoms with Crippen molar-refractivity contribution in [1.82, 2.24) is 5.32 Å². The van der Waals surface area contributed by atoms with E-state index in [2.05, 4.69) is 5.32 Å². The van der Waals surface area contributed by atoms with Crippen LogP contribution in [0, 0.1) is 0 Å². The van der Waals surface area contributed by atoms with Crippen LogP contribution in [0.1, 0.15) is 31.6 Å². The lowest BCUT2D eigenvalue weighted by molar-refractivity contribution is -0.0280. The summed E-state index contributed by atoms with van der Waals surface area (Å²) in [6.07, 6.45) is 4.36. The van der Waals surface area contributed by atoms with E-state index in [1.54, 1.807) is 6.26 Å². The molecule has 1 aromatic rings. The summed E-state index contributed by atoms with van der Waals surface area (Å²) < 4.78 is 11.2. The van der Waals surface area contributed by atoms with Gasteiger partial charge in [-0.3, -0.25) is 0 Å². The highest BCUT2D eigenvalue weighted by Crippen LogP contribution is 2.21. The van der Waals surface area contributed by atoms with E-state index in [4.69, 9.17) is 9.15 Å². The van der Waals surface area contributed by atoms with Gasteiger partial charge in [0.2, 0.25) is 0 Å². The van der Waals surface area contributed by atoms with Gasteiger partial charge in [0.05, 0.1) is 12.4 Å². The molecular weight excluding hydrogens is 178 g/mol. The first-order valence-corrected chi connectivity index (χ1v) is 5.26. The quantitative estimate of drug-likeness (QED) is 0.802. The molecule has 1 fully saturated rings. The van der Waals surface area contributed by atoms with Crippen molar-refractivity contribution in [3.63, 3.8) is 0 Å². The normalized spacial score (nSPS) is 20.9. The molecule has 3 heteroatoms. The van der Waals surface area contributed by atoms with E-state index in [0.29, 0.717) is 6.10 Å². The molecule has 3 nitrogen and oxygen atoms in total. The fourth-order valence-electron chi connectivity index (χ4n) is 1.81. The van der Waals surface area contributed by atoms with Crippen LogP contribution in [0.15, 0.2) is 22.8 Å². The van der Waals surface area contributed by atoms with Crippen molar-refractivity contribution in [2.24, 2.45) is 0 Å². The largest absolute Gasteiger partial charge is 0.467 e. The summed E-state index contributed by atoms with van der Waals surface area (Å²) in [5.74, 6) is 0.920. The van der Waals surface area contributed by atoms with Crippen molar-refractivity contribution in [3.8, 4) is 0 Å². The molecule has 1 aromatic heterocycles. The Labute approximate surface area is 84.4 Å². The number of ether oxygens (including phenoxy) is 1. The fraction of sp³-hybridized carbons (Fsp3) is 0.636. The van der Waals surface area contributed by atoms with Crippen molar-refractivity contribution >= 4 is 0 Å². The lowest BCUT2D eigenvalue weighted by atomic mass is 10.1. The summed E-state index contributed by atoms with van der Waals surface area (Å²) >= 11 is 0. The number of furan rings is 1. The van der Waals surface area contributed by atoms with E-state index in [1.165, 1.54) is 0 Å². The maximum Gasteiger partial charge on any atom is 0.132 e. The van der Waals surface area contributed by atoms with E-state index < -0.39 is 0 Å². The highest BCUT2D eigenvalue weighted by Gasteiger charge is 2.18. The van der Waals surface area contributed by atoms with Gasteiger partial charge in [-0.1, -0.05) is 0 Å². The maximum absolute atomic E-state index is 5.90. The molecule has 1 atom stereocenters. The summed E-state index contributed by atoms with van der Waals surface area (Å²) in [5, 5.41) is 3.32. The van der Waals surface area contributed by atoms with Crippen LogP contribution in [0.4, 0.5) is 0 Å². The minimum absolute atomic E-state index is 0.0769. The van der Waals surface area contributed by atoms with Crippen LogP contribution in [0.25, 0.3) is 0 Å². The fourth-order valence-corrected chi connectivity index (χ4v) is 1.81. The first kappa shape index (κ1) is 9.74. The molecule has 0 bridgehead atoms.